The summed E-state index contributed by atoms with van der Waals surface area (Å²) in [4.78, 5) is 62.1. The number of nitrogens with one attached hydrogen (secondary N) is 1. The zero-order chi connectivity index (χ0) is 36.0. The Bertz CT molecular complexity index is 1790. The van der Waals surface area contributed by atoms with Crippen LogP contribution in [0.15, 0.2) is 47.3 Å². The van der Waals surface area contributed by atoms with Crippen molar-refractivity contribution in [1.82, 2.24) is 34.7 Å². The first kappa shape index (κ1) is 36.2. The van der Waals surface area contributed by atoms with Gasteiger partial charge >= 0.3 is 0 Å². The first-order chi connectivity index (χ1) is 25.3. The van der Waals surface area contributed by atoms with Crippen molar-refractivity contribution in [1.29, 1.82) is 0 Å². The molecule has 11 nitrogen and oxygen atoms in total. The Morgan fingerprint density at radius 1 is 0.712 bits per heavy atom. The fourth-order valence-corrected chi connectivity index (χ4v) is 8.61. The first-order valence-corrected chi connectivity index (χ1v) is 19.3. The van der Waals surface area contributed by atoms with Gasteiger partial charge in [0.25, 0.3) is 11.5 Å². The first-order valence-electron chi connectivity index (χ1n) is 19.3. The molecular formula is C40H52FN7O4. The highest BCUT2D eigenvalue weighted by Crippen LogP contribution is 2.27. The predicted octanol–water partition coefficient (Wildman–Crippen LogP) is 3.76. The molecule has 4 aliphatic rings. The highest BCUT2D eigenvalue weighted by atomic mass is 19.1. The number of carbonyl (C=O) groups is 3. The molecule has 3 aromatic rings. The van der Waals surface area contributed by atoms with E-state index < -0.39 is 5.82 Å². The molecule has 0 radical (unpaired) electrons. The summed E-state index contributed by atoms with van der Waals surface area (Å²) < 4.78 is 15.0. The van der Waals surface area contributed by atoms with Crippen molar-refractivity contribution in [2.24, 2.45) is 11.8 Å². The van der Waals surface area contributed by atoms with E-state index in [0.717, 1.165) is 70.5 Å². The summed E-state index contributed by atoms with van der Waals surface area (Å²) in [6, 6.07) is 11.7. The second-order valence-corrected chi connectivity index (χ2v) is 15.3. The molecule has 2 aromatic carbocycles. The van der Waals surface area contributed by atoms with E-state index in [1.165, 1.54) is 38.2 Å². The molecule has 12 heteroatoms. The van der Waals surface area contributed by atoms with Crippen LogP contribution in [0, 0.1) is 17.7 Å². The van der Waals surface area contributed by atoms with Crippen molar-refractivity contribution in [2.75, 3.05) is 78.5 Å². The lowest BCUT2D eigenvalue weighted by Gasteiger charge is -2.40. The summed E-state index contributed by atoms with van der Waals surface area (Å²) in [6.07, 6.45) is 9.49. The maximum Gasteiger partial charge on any atom is 0.272 e. The van der Waals surface area contributed by atoms with Crippen LogP contribution in [0.25, 0.3) is 10.8 Å². The monoisotopic (exact) mass is 713 g/mol. The number of nitrogens with zero attached hydrogens (tertiary/aromatic N) is 6. The molecular weight excluding hydrogens is 661 g/mol. The molecule has 1 aliphatic carbocycles. The third-order valence-corrected chi connectivity index (χ3v) is 11.8. The van der Waals surface area contributed by atoms with Crippen LogP contribution in [-0.4, -0.2) is 131 Å². The number of hydrogen-bond donors (Lipinski definition) is 1. The Hall–Kier alpha value is -4.16. The molecule has 1 saturated carbocycles. The van der Waals surface area contributed by atoms with Crippen LogP contribution in [0.5, 0.6) is 0 Å². The van der Waals surface area contributed by atoms with E-state index in [2.05, 4.69) is 24.9 Å². The number of aromatic nitrogens is 2. The van der Waals surface area contributed by atoms with Gasteiger partial charge in [0, 0.05) is 77.1 Å². The highest BCUT2D eigenvalue weighted by molar-refractivity contribution is 5.95. The maximum absolute atomic E-state index is 15.0. The van der Waals surface area contributed by atoms with Crippen molar-refractivity contribution in [3.05, 3.63) is 75.5 Å². The average Bonchev–Trinajstić information content (AvgIpc) is 3.18. The van der Waals surface area contributed by atoms with Crippen LogP contribution in [0.2, 0.25) is 0 Å². The van der Waals surface area contributed by atoms with Gasteiger partial charge in [0.2, 0.25) is 11.8 Å². The van der Waals surface area contributed by atoms with Crippen LogP contribution in [0.1, 0.15) is 73.0 Å². The van der Waals surface area contributed by atoms with Crippen molar-refractivity contribution < 1.29 is 18.8 Å². The number of benzene rings is 2. The number of rotatable bonds is 9. The Morgan fingerprint density at radius 3 is 2.10 bits per heavy atom. The van der Waals surface area contributed by atoms with E-state index in [0.29, 0.717) is 73.5 Å². The number of hydrogen-bond acceptors (Lipinski definition) is 7. The molecule has 4 heterocycles. The summed E-state index contributed by atoms with van der Waals surface area (Å²) in [7, 11) is 0. The number of H-pyrrole nitrogens is 1. The molecule has 278 valence electrons. The second-order valence-electron chi connectivity index (χ2n) is 15.3. The molecule has 3 amide bonds. The number of amides is 3. The van der Waals surface area contributed by atoms with Crippen molar-refractivity contribution in [3.8, 4) is 0 Å². The van der Waals surface area contributed by atoms with Gasteiger partial charge in [-0.3, -0.25) is 29.0 Å². The van der Waals surface area contributed by atoms with Gasteiger partial charge in [0.1, 0.15) is 5.82 Å². The van der Waals surface area contributed by atoms with Gasteiger partial charge in [-0.05, 0) is 74.4 Å². The molecule has 1 N–H and O–H groups in total. The number of aromatic amines is 1. The van der Waals surface area contributed by atoms with Crippen LogP contribution >= 0.6 is 0 Å². The molecule has 0 bridgehead atoms. The Balaban J connectivity index is 0.827. The molecule has 0 spiro atoms. The lowest BCUT2D eigenvalue weighted by molar-refractivity contribution is -0.135. The third kappa shape index (κ3) is 8.71. The minimum Gasteiger partial charge on any atom is -0.340 e. The second kappa shape index (κ2) is 16.7. The lowest BCUT2D eigenvalue weighted by Crippen LogP contribution is -2.53. The van der Waals surface area contributed by atoms with Gasteiger partial charge < -0.3 is 14.7 Å². The van der Waals surface area contributed by atoms with Gasteiger partial charge in [-0.25, -0.2) is 9.49 Å². The number of fused-ring (bicyclic) bond motifs is 1. The summed E-state index contributed by atoms with van der Waals surface area (Å²) in [6.45, 7) is 8.36. The minimum absolute atomic E-state index is 0.00101. The van der Waals surface area contributed by atoms with Gasteiger partial charge in [0.05, 0.1) is 23.2 Å². The molecule has 0 atom stereocenters. The molecule has 4 fully saturated rings. The van der Waals surface area contributed by atoms with Crippen molar-refractivity contribution >= 4 is 28.5 Å². The van der Waals surface area contributed by atoms with E-state index in [1.807, 2.05) is 17.0 Å². The van der Waals surface area contributed by atoms with E-state index in [9.17, 15) is 23.6 Å². The summed E-state index contributed by atoms with van der Waals surface area (Å²) in [5, 5.41) is 8.00. The number of piperidine rings is 1. The quantitative estimate of drug-likeness (QED) is 0.360. The fourth-order valence-electron chi connectivity index (χ4n) is 8.61. The lowest BCUT2D eigenvalue weighted by atomic mass is 9.86. The summed E-state index contributed by atoms with van der Waals surface area (Å²) >= 11 is 0. The Labute approximate surface area is 305 Å². The molecule has 1 aromatic heterocycles. The smallest absolute Gasteiger partial charge is 0.272 e. The van der Waals surface area contributed by atoms with Crippen molar-refractivity contribution in [2.45, 2.75) is 57.8 Å². The van der Waals surface area contributed by atoms with Gasteiger partial charge in [0.15, 0.2) is 0 Å². The normalized spacial score (nSPS) is 20.1. The summed E-state index contributed by atoms with van der Waals surface area (Å²) in [5.41, 5.74) is 1.08. The summed E-state index contributed by atoms with van der Waals surface area (Å²) in [5.74, 6) is 0.652. The van der Waals surface area contributed by atoms with Crippen LogP contribution < -0.4 is 5.56 Å². The zero-order valence-corrected chi connectivity index (χ0v) is 30.2. The number of likely N-dealkylation sites (tertiary alicyclic amines) is 1. The van der Waals surface area contributed by atoms with Crippen LogP contribution in [0.3, 0.4) is 0 Å². The average molecular weight is 714 g/mol. The zero-order valence-electron chi connectivity index (χ0n) is 30.2. The predicted molar refractivity (Wildman–Crippen MR) is 197 cm³/mol. The number of carbonyl (C=O) groups excluding carboxylic acids is 3. The van der Waals surface area contributed by atoms with E-state index in [4.69, 9.17) is 0 Å². The largest absolute Gasteiger partial charge is 0.340 e. The molecule has 3 aliphatic heterocycles. The number of halogens is 1. The molecule has 0 unspecified atom stereocenters. The van der Waals surface area contributed by atoms with E-state index in [1.54, 1.807) is 29.2 Å². The topological polar surface area (TPSA) is 113 Å². The third-order valence-electron chi connectivity index (χ3n) is 11.8. The SMILES string of the molecule is O=C(CC1CCCCC1)N1CCN(CC2CCN(CC(=O)N3CCN(C(=O)c4cc(Cc5n[nH]c(=O)c6ccccc56)ccc4F)CC3)CC2)CC1. The van der Waals surface area contributed by atoms with Gasteiger partial charge in [-0.1, -0.05) is 43.5 Å². The molecule has 52 heavy (non-hydrogen) atoms. The Kier molecular flexibility index (Phi) is 11.6. The van der Waals surface area contributed by atoms with Gasteiger partial charge in [-0.15, -0.1) is 0 Å². The van der Waals surface area contributed by atoms with Crippen molar-refractivity contribution in [3.63, 3.8) is 0 Å². The van der Waals surface area contributed by atoms with Crippen LogP contribution in [0.4, 0.5) is 4.39 Å². The molecule has 7 rings (SSSR count). The fraction of sp³-hybridized carbons (Fsp3) is 0.575. The highest BCUT2D eigenvalue weighted by Gasteiger charge is 2.30. The standard InChI is InChI=1S/C40H52FN7O4/c41-35-11-10-31(25-36-32-8-4-5-9-33(32)39(51)43-42-36)24-34(35)40(52)48-22-20-47(21-23-48)38(50)28-44-14-12-30(13-15-44)27-45-16-18-46(19-17-45)37(49)26-29-6-2-1-3-7-29/h4-5,8-11,24,29-30H,1-3,6-7,12-23,25-28H2,(H,43,51). The van der Waals surface area contributed by atoms with E-state index >= 15 is 0 Å². The Morgan fingerprint density at radius 2 is 1.37 bits per heavy atom. The minimum atomic E-state index is -0.586. The number of piperazine rings is 2. The van der Waals surface area contributed by atoms with E-state index in [-0.39, 0.29) is 22.9 Å². The molecule has 3 saturated heterocycles. The maximum atomic E-state index is 15.0. The van der Waals surface area contributed by atoms with Crippen LogP contribution in [-0.2, 0) is 16.0 Å². The van der Waals surface area contributed by atoms with Gasteiger partial charge in [-0.2, -0.15) is 5.10 Å².